The summed E-state index contributed by atoms with van der Waals surface area (Å²) in [5, 5.41) is 2.63. The monoisotopic (exact) mass is 282 g/mol. The third-order valence-corrected chi connectivity index (χ3v) is 4.03. The Morgan fingerprint density at radius 3 is 2.45 bits per heavy atom. The number of nitrogens with zero attached hydrogens (tertiary/aromatic N) is 1. The van der Waals surface area contributed by atoms with Gasteiger partial charge >= 0.3 is 6.09 Å². The van der Waals surface area contributed by atoms with Crippen LogP contribution in [-0.2, 0) is 9.53 Å². The second kappa shape index (κ2) is 5.26. The highest BCUT2D eigenvalue weighted by molar-refractivity contribution is 5.85. The summed E-state index contributed by atoms with van der Waals surface area (Å²) in [5.41, 5.74) is -0.143. The van der Waals surface area contributed by atoms with E-state index in [9.17, 15) is 9.59 Å². The Bertz CT molecular complexity index is 396. The van der Waals surface area contributed by atoms with Gasteiger partial charge in [0.1, 0.15) is 11.6 Å². The summed E-state index contributed by atoms with van der Waals surface area (Å²) in [6, 6.07) is -0.529. The van der Waals surface area contributed by atoms with Gasteiger partial charge in [0.15, 0.2) is 0 Å². The zero-order valence-corrected chi connectivity index (χ0v) is 13.0. The molecule has 20 heavy (non-hydrogen) atoms. The molecule has 0 aromatic rings. The molecule has 0 bridgehead atoms. The third-order valence-electron chi connectivity index (χ3n) is 4.03. The molecular formula is C15H26N2O3. The molecule has 0 aromatic carbocycles. The van der Waals surface area contributed by atoms with Crippen LogP contribution in [0.25, 0.3) is 0 Å². The lowest BCUT2D eigenvalue weighted by molar-refractivity contribution is -0.135. The van der Waals surface area contributed by atoms with Gasteiger partial charge in [-0.15, -0.1) is 0 Å². The Morgan fingerprint density at radius 2 is 1.90 bits per heavy atom. The standard InChI is InChI=1S/C15H26N2O3/c1-11(16-13(19)20-14(2,3)4)12(18)17-9-5-6-15(10-17)7-8-15/h11H,5-10H2,1-4H3,(H,16,19)/t11-/m1/s1. The van der Waals surface area contributed by atoms with Crippen LogP contribution in [0.3, 0.4) is 0 Å². The van der Waals surface area contributed by atoms with E-state index in [-0.39, 0.29) is 5.91 Å². The minimum atomic E-state index is -0.546. The van der Waals surface area contributed by atoms with E-state index in [1.165, 1.54) is 19.3 Å². The van der Waals surface area contributed by atoms with Crippen LogP contribution < -0.4 is 5.32 Å². The summed E-state index contributed by atoms with van der Waals surface area (Å²) in [7, 11) is 0. The zero-order valence-electron chi connectivity index (χ0n) is 13.0. The Kier molecular flexibility index (Phi) is 3.98. The average molecular weight is 282 g/mol. The molecule has 0 aromatic heterocycles. The molecule has 0 unspecified atom stereocenters. The lowest BCUT2D eigenvalue weighted by atomic mass is 9.94. The van der Waals surface area contributed by atoms with E-state index >= 15 is 0 Å². The maximum atomic E-state index is 12.4. The molecule has 1 saturated carbocycles. The fourth-order valence-corrected chi connectivity index (χ4v) is 2.80. The van der Waals surface area contributed by atoms with Crippen molar-refractivity contribution < 1.29 is 14.3 Å². The molecule has 1 aliphatic heterocycles. The van der Waals surface area contributed by atoms with Crippen LogP contribution in [0.15, 0.2) is 0 Å². The second-order valence-corrected chi connectivity index (χ2v) is 7.23. The van der Waals surface area contributed by atoms with Crippen molar-refractivity contribution >= 4 is 12.0 Å². The minimum absolute atomic E-state index is 0.00170. The summed E-state index contributed by atoms with van der Waals surface area (Å²) in [4.78, 5) is 26.0. The first kappa shape index (κ1) is 15.1. The van der Waals surface area contributed by atoms with Gasteiger partial charge < -0.3 is 15.0 Å². The summed E-state index contributed by atoms with van der Waals surface area (Å²) in [6.07, 6.45) is 4.27. The number of carbonyl (C=O) groups excluding carboxylic acids is 2. The van der Waals surface area contributed by atoms with E-state index in [1.807, 2.05) is 4.90 Å². The fraction of sp³-hybridized carbons (Fsp3) is 0.867. The molecule has 2 rings (SSSR count). The highest BCUT2D eigenvalue weighted by Gasteiger charge is 2.46. The molecule has 2 amide bonds. The van der Waals surface area contributed by atoms with E-state index in [0.717, 1.165) is 19.5 Å². The van der Waals surface area contributed by atoms with E-state index in [1.54, 1.807) is 27.7 Å². The number of amides is 2. The first-order chi connectivity index (χ1) is 9.21. The Balaban J connectivity index is 1.84. The molecule has 1 N–H and O–H groups in total. The molecule has 0 radical (unpaired) electrons. The molecular weight excluding hydrogens is 256 g/mol. The lowest BCUT2D eigenvalue weighted by Gasteiger charge is -2.34. The van der Waals surface area contributed by atoms with Crippen molar-refractivity contribution in [3.05, 3.63) is 0 Å². The molecule has 1 saturated heterocycles. The number of nitrogens with one attached hydrogen (secondary N) is 1. The van der Waals surface area contributed by atoms with Gasteiger partial charge in [0.25, 0.3) is 0 Å². The van der Waals surface area contributed by atoms with Crippen LogP contribution in [0.4, 0.5) is 4.79 Å². The fourth-order valence-electron chi connectivity index (χ4n) is 2.80. The largest absolute Gasteiger partial charge is 0.444 e. The predicted molar refractivity (Wildman–Crippen MR) is 76.3 cm³/mol. The third kappa shape index (κ3) is 3.87. The van der Waals surface area contributed by atoms with Crippen LogP contribution in [0, 0.1) is 5.41 Å². The van der Waals surface area contributed by atoms with Crippen LogP contribution in [0.1, 0.15) is 53.4 Å². The first-order valence-electron chi connectivity index (χ1n) is 7.49. The first-order valence-corrected chi connectivity index (χ1v) is 7.49. The number of piperidine rings is 1. The van der Waals surface area contributed by atoms with E-state index in [2.05, 4.69) is 5.32 Å². The molecule has 1 atom stereocenters. The summed E-state index contributed by atoms with van der Waals surface area (Å²) >= 11 is 0. The zero-order chi connectivity index (χ0) is 15.0. The molecule has 1 heterocycles. The van der Waals surface area contributed by atoms with Crippen LogP contribution >= 0.6 is 0 Å². The molecule has 1 aliphatic carbocycles. The van der Waals surface area contributed by atoms with Gasteiger partial charge in [0.05, 0.1) is 0 Å². The van der Waals surface area contributed by atoms with Gasteiger partial charge in [0, 0.05) is 13.1 Å². The number of hydrogen-bond acceptors (Lipinski definition) is 3. The van der Waals surface area contributed by atoms with Crippen LogP contribution in [0.2, 0.25) is 0 Å². The quantitative estimate of drug-likeness (QED) is 0.845. The van der Waals surface area contributed by atoms with Crippen molar-refractivity contribution in [3.8, 4) is 0 Å². The number of alkyl carbamates (subject to hydrolysis) is 1. The van der Waals surface area contributed by atoms with Gasteiger partial charge in [-0.05, 0) is 58.8 Å². The van der Waals surface area contributed by atoms with Crippen LogP contribution in [0.5, 0.6) is 0 Å². The van der Waals surface area contributed by atoms with Crippen molar-refractivity contribution in [2.75, 3.05) is 13.1 Å². The van der Waals surface area contributed by atoms with Crippen LogP contribution in [-0.4, -0.2) is 41.6 Å². The minimum Gasteiger partial charge on any atom is -0.444 e. The molecule has 114 valence electrons. The van der Waals surface area contributed by atoms with E-state index in [4.69, 9.17) is 4.74 Å². The van der Waals surface area contributed by atoms with Crippen molar-refractivity contribution in [2.45, 2.75) is 65.0 Å². The Morgan fingerprint density at radius 1 is 1.25 bits per heavy atom. The maximum absolute atomic E-state index is 12.4. The number of ether oxygens (including phenoxy) is 1. The number of rotatable bonds is 2. The number of likely N-dealkylation sites (tertiary alicyclic amines) is 1. The van der Waals surface area contributed by atoms with Crippen molar-refractivity contribution in [1.82, 2.24) is 10.2 Å². The molecule has 2 aliphatic rings. The number of carbonyl (C=O) groups is 2. The molecule has 5 heteroatoms. The summed E-state index contributed by atoms with van der Waals surface area (Å²) in [6.45, 7) is 8.80. The summed E-state index contributed by atoms with van der Waals surface area (Å²) in [5.74, 6) is 0.00170. The molecule has 5 nitrogen and oxygen atoms in total. The van der Waals surface area contributed by atoms with E-state index in [0.29, 0.717) is 5.41 Å². The SMILES string of the molecule is C[C@@H](NC(=O)OC(C)(C)C)C(=O)N1CCCC2(CC2)C1. The second-order valence-electron chi connectivity index (χ2n) is 7.23. The van der Waals surface area contributed by atoms with Crippen molar-refractivity contribution in [3.63, 3.8) is 0 Å². The predicted octanol–water partition coefficient (Wildman–Crippen LogP) is 2.30. The molecule has 1 spiro atoms. The van der Waals surface area contributed by atoms with Gasteiger partial charge in [-0.2, -0.15) is 0 Å². The lowest BCUT2D eigenvalue weighted by Crippen LogP contribution is -2.51. The van der Waals surface area contributed by atoms with Gasteiger partial charge in [0.2, 0.25) is 5.91 Å². The Hall–Kier alpha value is -1.26. The van der Waals surface area contributed by atoms with Crippen molar-refractivity contribution in [1.29, 1.82) is 0 Å². The average Bonchev–Trinajstić information content (AvgIpc) is 3.04. The summed E-state index contributed by atoms with van der Waals surface area (Å²) < 4.78 is 5.18. The number of hydrogen-bond donors (Lipinski definition) is 1. The van der Waals surface area contributed by atoms with Crippen molar-refractivity contribution in [2.24, 2.45) is 5.41 Å². The normalized spacial score (nSPS) is 22.3. The highest BCUT2D eigenvalue weighted by atomic mass is 16.6. The molecule has 2 fully saturated rings. The smallest absolute Gasteiger partial charge is 0.408 e. The maximum Gasteiger partial charge on any atom is 0.408 e. The van der Waals surface area contributed by atoms with Gasteiger partial charge in [-0.3, -0.25) is 4.79 Å². The highest BCUT2D eigenvalue weighted by Crippen LogP contribution is 2.52. The van der Waals surface area contributed by atoms with Gasteiger partial charge in [-0.1, -0.05) is 0 Å². The topological polar surface area (TPSA) is 58.6 Å². The Labute approximate surface area is 121 Å². The van der Waals surface area contributed by atoms with Gasteiger partial charge in [-0.25, -0.2) is 4.79 Å². The van der Waals surface area contributed by atoms with E-state index < -0.39 is 17.7 Å².